The van der Waals surface area contributed by atoms with Gasteiger partial charge in [0, 0.05) is 6.42 Å². The minimum absolute atomic E-state index is 0.0578. The Morgan fingerprint density at radius 3 is 2.16 bits per heavy atom. The van der Waals surface area contributed by atoms with E-state index in [0.717, 1.165) is 31.1 Å². The third-order valence-corrected chi connectivity index (χ3v) is 13.2. The Balaban J connectivity index is 1.42. The van der Waals surface area contributed by atoms with Gasteiger partial charge in [0.2, 0.25) is 5.78 Å². The summed E-state index contributed by atoms with van der Waals surface area (Å²) in [7, 11) is 0. The molecule has 0 N–H and O–H groups in total. The molecule has 0 aromatic heterocycles. The van der Waals surface area contributed by atoms with E-state index in [4.69, 9.17) is 0 Å². The van der Waals surface area contributed by atoms with E-state index < -0.39 is 12.0 Å². The van der Waals surface area contributed by atoms with Gasteiger partial charge in [0.25, 0.3) is 0 Å². The van der Waals surface area contributed by atoms with E-state index in [2.05, 4.69) is 34.6 Å². The lowest BCUT2D eigenvalue weighted by molar-refractivity contribution is -0.174. The predicted octanol–water partition coefficient (Wildman–Crippen LogP) is 8.22. The van der Waals surface area contributed by atoms with E-state index >= 15 is 0 Å². The standard InChI is InChI=1S/C28H43F3O/c1-17(15-22(32)28(29,30)31)19-10-11-25(6)21-8-7-20-23(3,4)18(2)9-12-26(20)16-27(21,26)14-13-24(19,25)5/h17-21H,7-16H2,1-6H3/t17-,18+,19-,20+,21+,24-,25+,26-,27+/m1/s1. The highest BCUT2D eigenvalue weighted by molar-refractivity contribution is 5.84. The molecule has 2 spiro atoms. The number of ketones is 1. The van der Waals surface area contributed by atoms with E-state index in [-0.39, 0.29) is 29.1 Å². The monoisotopic (exact) mass is 452 g/mol. The van der Waals surface area contributed by atoms with Crippen LogP contribution in [0.1, 0.15) is 106 Å². The van der Waals surface area contributed by atoms with Crippen LogP contribution < -0.4 is 0 Å². The Bertz CT molecular complexity index is 816. The minimum Gasteiger partial charge on any atom is -0.290 e. The zero-order valence-corrected chi connectivity index (χ0v) is 21.0. The summed E-state index contributed by atoms with van der Waals surface area (Å²) in [6, 6.07) is 0. The molecule has 0 unspecified atom stereocenters. The van der Waals surface area contributed by atoms with Crippen LogP contribution in [-0.4, -0.2) is 12.0 Å². The van der Waals surface area contributed by atoms with Gasteiger partial charge < -0.3 is 0 Å². The van der Waals surface area contributed by atoms with E-state index in [1.807, 2.05) is 6.92 Å². The second-order valence-corrected chi connectivity index (χ2v) is 14.0. The lowest BCUT2D eigenvalue weighted by Crippen LogP contribution is -2.56. The molecule has 5 saturated carbocycles. The maximum absolute atomic E-state index is 13.0. The van der Waals surface area contributed by atoms with Gasteiger partial charge in [-0.2, -0.15) is 13.2 Å². The minimum atomic E-state index is -4.70. The Hall–Kier alpha value is -0.540. The zero-order valence-electron chi connectivity index (χ0n) is 21.0. The Kier molecular flexibility index (Phi) is 4.76. The van der Waals surface area contributed by atoms with Gasteiger partial charge >= 0.3 is 6.18 Å². The van der Waals surface area contributed by atoms with Crippen molar-refractivity contribution < 1.29 is 18.0 Å². The first-order valence-electron chi connectivity index (χ1n) is 13.3. The van der Waals surface area contributed by atoms with Gasteiger partial charge in [-0.25, -0.2) is 0 Å². The molecule has 0 heterocycles. The Morgan fingerprint density at radius 1 is 0.875 bits per heavy atom. The van der Waals surface area contributed by atoms with Crippen LogP contribution in [0.2, 0.25) is 0 Å². The van der Waals surface area contributed by atoms with Gasteiger partial charge in [0.05, 0.1) is 0 Å². The largest absolute Gasteiger partial charge is 0.449 e. The summed E-state index contributed by atoms with van der Waals surface area (Å²) in [5, 5.41) is 0. The molecular weight excluding hydrogens is 409 g/mol. The van der Waals surface area contributed by atoms with E-state index in [9.17, 15) is 18.0 Å². The van der Waals surface area contributed by atoms with Crippen LogP contribution in [0.3, 0.4) is 0 Å². The molecule has 5 aliphatic rings. The first kappa shape index (κ1) is 23.2. The van der Waals surface area contributed by atoms with E-state index in [0.29, 0.717) is 22.2 Å². The molecule has 5 fully saturated rings. The molecule has 0 amide bonds. The van der Waals surface area contributed by atoms with Crippen molar-refractivity contribution >= 4 is 5.78 Å². The lowest BCUT2D eigenvalue weighted by atomic mass is 9.41. The fourth-order valence-corrected chi connectivity index (χ4v) is 11.0. The molecule has 32 heavy (non-hydrogen) atoms. The number of fused-ring (bicyclic) bond motifs is 2. The van der Waals surface area contributed by atoms with Crippen molar-refractivity contribution in [3.05, 3.63) is 0 Å². The summed E-state index contributed by atoms with van der Waals surface area (Å²) in [4.78, 5) is 11.8. The van der Waals surface area contributed by atoms with Crippen LogP contribution in [-0.2, 0) is 4.79 Å². The molecule has 0 aliphatic heterocycles. The molecule has 182 valence electrons. The number of halogens is 3. The van der Waals surface area contributed by atoms with E-state index in [1.165, 1.54) is 38.5 Å². The third-order valence-electron chi connectivity index (χ3n) is 13.2. The van der Waals surface area contributed by atoms with Gasteiger partial charge in [0.1, 0.15) is 0 Å². The summed E-state index contributed by atoms with van der Waals surface area (Å²) < 4.78 is 38.9. The summed E-state index contributed by atoms with van der Waals surface area (Å²) in [6.07, 6.45) is 6.28. The number of carbonyl (C=O) groups is 1. The van der Waals surface area contributed by atoms with Gasteiger partial charge in [0.15, 0.2) is 0 Å². The van der Waals surface area contributed by atoms with Gasteiger partial charge in [-0.05, 0) is 114 Å². The highest BCUT2D eigenvalue weighted by Gasteiger charge is 2.81. The van der Waals surface area contributed by atoms with Gasteiger partial charge in [-0.15, -0.1) is 0 Å². The van der Waals surface area contributed by atoms with Crippen LogP contribution in [0.15, 0.2) is 0 Å². The van der Waals surface area contributed by atoms with Crippen LogP contribution in [0, 0.1) is 56.7 Å². The van der Waals surface area contributed by atoms with Crippen molar-refractivity contribution in [3.63, 3.8) is 0 Å². The van der Waals surface area contributed by atoms with Gasteiger partial charge in [-0.1, -0.05) is 41.5 Å². The second kappa shape index (κ2) is 6.56. The molecule has 1 nitrogen and oxygen atoms in total. The Morgan fingerprint density at radius 2 is 1.50 bits per heavy atom. The Labute approximate surface area is 192 Å². The molecule has 0 aromatic carbocycles. The molecule has 5 aliphatic carbocycles. The molecule has 5 rings (SSSR count). The van der Waals surface area contributed by atoms with Gasteiger partial charge in [-0.3, -0.25) is 4.79 Å². The summed E-state index contributed by atoms with van der Waals surface area (Å²) in [5.74, 6) is 0.845. The number of hydrogen-bond donors (Lipinski definition) is 0. The first-order chi connectivity index (χ1) is 14.7. The molecule has 0 aromatic rings. The average Bonchev–Trinajstić information content (AvgIpc) is 3.27. The van der Waals surface area contributed by atoms with Crippen LogP contribution >= 0.6 is 0 Å². The topological polar surface area (TPSA) is 17.1 Å². The predicted molar refractivity (Wildman–Crippen MR) is 121 cm³/mol. The molecule has 4 heteroatoms. The highest BCUT2D eigenvalue weighted by atomic mass is 19.4. The number of alkyl halides is 3. The summed E-state index contributed by atoms with van der Waals surface area (Å²) in [6.45, 7) is 14.3. The number of hydrogen-bond acceptors (Lipinski definition) is 1. The van der Waals surface area contributed by atoms with Crippen molar-refractivity contribution in [3.8, 4) is 0 Å². The fraction of sp³-hybridized carbons (Fsp3) is 0.964. The quantitative estimate of drug-likeness (QED) is 0.421. The molecular formula is C28H43F3O. The van der Waals surface area contributed by atoms with Crippen LogP contribution in [0.25, 0.3) is 0 Å². The lowest BCUT2D eigenvalue weighted by Gasteiger charge is -2.63. The fourth-order valence-electron chi connectivity index (χ4n) is 11.0. The third kappa shape index (κ3) is 2.62. The maximum Gasteiger partial charge on any atom is 0.449 e. The maximum atomic E-state index is 13.0. The number of rotatable bonds is 3. The van der Waals surface area contributed by atoms with Crippen molar-refractivity contribution in [2.75, 3.05) is 0 Å². The molecule has 0 saturated heterocycles. The second-order valence-electron chi connectivity index (χ2n) is 14.0. The van der Waals surface area contributed by atoms with E-state index in [1.54, 1.807) is 0 Å². The molecule has 9 atom stereocenters. The summed E-state index contributed by atoms with van der Waals surface area (Å²) in [5.41, 5.74) is 1.70. The first-order valence-corrected chi connectivity index (χ1v) is 13.3. The highest BCUT2D eigenvalue weighted by Crippen LogP contribution is 2.89. The van der Waals surface area contributed by atoms with Crippen molar-refractivity contribution in [1.82, 2.24) is 0 Å². The smallest absolute Gasteiger partial charge is 0.290 e. The van der Waals surface area contributed by atoms with Crippen LogP contribution in [0.5, 0.6) is 0 Å². The number of carbonyl (C=O) groups excluding carboxylic acids is 1. The summed E-state index contributed by atoms with van der Waals surface area (Å²) >= 11 is 0. The number of Topliss-reactive ketones (excluding diaryl/α,β-unsaturated/α-hetero) is 1. The van der Waals surface area contributed by atoms with Crippen molar-refractivity contribution in [2.45, 2.75) is 112 Å². The average molecular weight is 453 g/mol. The normalized spacial score (nSPS) is 52.3. The molecule has 0 bridgehead atoms. The van der Waals surface area contributed by atoms with Crippen molar-refractivity contribution in [2.24, 2.45) is 56.7 Å². The zero-order chi connectivity index (χ0) is 23.5. The molecule has 0 radical (unpaired) electrons. The van der Waals surface area contributed by atoms with Crippen LogP contribution in [0.4, 0.5) is 13.2 Å². The van der Waals surface area contributed by atoms with Crippen molar-refractivity contribution in [1.29, 1.82) is 0 Å². The SMILES string of the molecule is C[C@H](CC(=O)C(F)(F)F)[C@H]1CC[C@@]2(C)[C@@H]3CC[C@H]4C(C)(C)[C@@H](C)CC[C@@]45C[C@@]35CC[C@]12C.